The Morgan fingerprint density at radius 1 is 1.28 bits per heavy atom. The highest BCUT2D eigenvalue weighted by Crippen LogP contribution is 2.29. The highest BCUT2D eigenvalue weighted by molar-refractivity contribution is 9.09. The third kappa shape index (κ3) is 3.80. The van der Waals surface area contributed by atoms with Crippen LogP contribution in [-0.2, 0) is 10.0 Å². The molecular formula is C13H20BrNO2S. The molecule has 2 unspecified atom stereocenters. The molecule has 2 atom stereocenters. The highest BCUT2D eigenvalue weighted by Gasteiger charge is 2.22. The van der Waals surface area contributed by atoms with Crippen molar-refractivity contribution < 1.29 is 8.42 Å². The van der Waals surface area contributed by atoms with E-state index in [-0.39, 0.29) is 10.7 Å². The molecule has 0 amide bonds. The normalized spacial score (nSPS) is 15.3. The zero-order valence-corrected chi connectivity index (χ0v) is 13.4. The number of alkyl halides is 1. The first kappa shape index (κ1) is 15.7. The third-order valence-electron chi connectivity index (χ3n) is 2.93. The van der Waals surface area contributed by atoms with Gasteiger partial charge in [0.25, 0.3) is 0 Å². The average Bonchev–Trinajstić information content (AvgIpc) is 2.35. The third-order valence-corrected chi connectivity index (χ3v) is 5.26. The number of halogens is 1. The van der Waals surface area contributed by atoms with E-state index in [1.54, 1.807) is 12.1 Å². The smallest absolute Gasteiger partial charge is 0.211 e. The lowest BCUT2D eigenvalue weighted by Crippen LogP contribution is -2.26. The van der Waals surface area contributed by atoms with Crippen LogP contribution in [0.2, 0.25) is 0 Å². The van der Waals surface area contributed by atoms with Crippen molar-refractivity contribution >= 4 is 26.0 Å². The van der Waals surface area contributed by atoms with Crippen molar-refractivity contribution in [2.24, 2.45) is 0 Å². The van der Waals surface area contributed by atoms with E-state index in [4.69, 9.17) is 0 Å². The van der Waals surface area contributed by atoms with Gasteiger partial charge in [0, 0.05) is 11.4 Å². The van der Waals surface area contributed by atoms with Crippen LogP contribution in [0.1, 0.15) is 38.7 Å². The first-order valence-electron chi connectivity index (χ1n) is 6.12. The Morgan fingerprint density at radius 3 is 2.44 bits per heavy atom. The van der Waals surface area contributed by atoms with Gasteiger partial charge >= 0.3 is 0 Å². The molecule has 1 aromatic carbocycles. The fourth-order valence-corrected chi connectivity index (χ4v) is 3.40. The van der Waals surface area contributed by atoms with Gasteiger partial charge in [-0.2, -0.15) is 0 Å². The lowest BCUT2D eigenvalue weighted by molar-refractivity contribution is 0.577. The molecule has 102 valence electrons. The maximum Gasteiger partial charge on any atom is 0.240 e. The fraction of sp³-hybridized carbons (Fsp3) is 0.538. The molecule has 0 aromatic heterocycles. The lowest BCUT2D eigenvalue weighted by atomic mass is 9.99. The summed E-state index contributed by atoms with van der Waals surface area (Å²) >= 11 is 3.51. The molecule has 0 fully saturated rings. The van der Waals surface area contributed by atoms with Crippen LogP contribution in [0.25, 0.3) is 0 Å². The molecule has 1 aromatic rings. The van der Waals surface area contributed by atoms with E-state index < -0.39 is 10.0 Å². The van der Waals surface area contributed by atoms with Gasteiger partial charge in [-0.05, 0) is 24.0 Å². The van der Waals surface area contributed by atoms with Crippen molar-refractivity contribution in [3.8, 4) is 0 Å². The van der Waals surface area contributed by atoms with Crippen molar-refractivity contribution in [3.05, 3.63) is 29.8 Å². The summed E-state index contributed by atoms with van der Waals surface area (Å²) in [5, 5.41) is 0. The quantitative estimate of drug-likeness (QED) is 0.812. The minimum Gasteiger partial charge on any atom is -0.211 e. The maximum atomic E-state index is 12.2. The standard InChI is InChI=1S/C13H20BrNO2S/c1-4-9-15-18(16,17)13-8-6-5-7-12(13)10(2)11(3)14/h5-8,10-11,15H,4,9H2,1-3H3. The molecule has 0 radical (unpaired) electrons. The molecule has 1 rings (SSSR count). The van der Waals surface area contributed by atoms with Gasteiger partial charge in [0.05, 0.1) is 4.90 Å². The van der Waals surface area contributed by atoms with Crippen LogP contribution in [0.3, 0.4) is 0 Å². The minimum absolute atomic E-state index is 0.138. The molecule has 0 saturated carbocycles. The first-order valence-corrected chi connectivity index (χ1v) is 8.52. The van der Waals surface area contributed by atoms with Gasteiger partial charge in [0.2, 0.25) is 10.0 Å². The van der Waals surface area contributed by atoms with Gasteiger partial charge in [0.15, 0.2) is 0 Å². The minimum atomic E-state index is -3.40. The van der Waals surface area contributed by atoms with Crippen molar-refractivity contribution in [2.45, 2.75) is 42.8 Å². The summed E-state index contributed by atoms with van der Waals surface area (Å²) in [5.74, 6) is 0.138. The van der Waals surface area contributed by atoms with Crippen LogP contribution >= 0.6 is 15.9 Å². The molecule has 0 heterocycles. The number of hydrogen-bond donors (Lipinski definition) is 1. The van der Waals surface area contributed by atoms with Gasteiger partial charge in [0.1, 0.15) is 0 Å². The molecule has 0 bridgehead atoms. The Labute approximate surface area is 118 Å². The molecule has 0 aliphatic carbocycles. The molecule has 1 N–H and O–H groups in total. The van der Waals surface area contributed by atoms with Crippen molar-refractivity contribution in [1.29, 1.82) is 0 Å². The van der Waals surface area contributed by atoms with Crippen LogP contribution in [0, 0.1) is 0 Å². The second-order valence-corrected chi connectivity index (χ2v) is 7.58. The maximum absolute atomic E-state index is 12.2. The summed E-state index contributed by atoms with van der Waals surface area (Å²) in [6, 6.07) is 7.18. The Hall–Kier alpha value is -0.390. The Kier molecular flexibility index (Phi) is 5.82. The van der Waals surface area contributed by atoms with Crippen molar-refractivity contribution in [1.82, 2.24) is 4.72 Å². The largest absolute Gasteiger partial charge is 0.240 e. The SMILES string of the molecule is CCCNS(=O)(=O)c1ccccc1C(C)C(C)Br. The van der Waals surface area contributed by atoms with Crippen LogP contribution in [-0.4, -0.2) is 19.8 Å². The van der Waals surface area contributed by atoms with E-state index in [0.717, 1.165) is 12.0 Å². The van der Waals surface area contributed by atoms with Crippen LogP contribution < -0.4 is 4.72 Å². The van der Waals surface area contributed by atoms with Gasteiger partial charge in [-0.3, -0.25) is 0 Å². The van der Waals surface area contributed by atoms with Crippen molar-refractivity contribution in [2.75, 3.05) is 6.54 Å². The summed E-state index contributed by atoms with van der Waals surface area (Å²) in [5.41, 5.74) is 0.852. The molecule has 0 saturated heterocycles. The van der Waals surface area contributed by atoms with E-state index in [9.17, 15) is 8.42 Å². The summed E-state index contributed by atoms with van der Waals surface area (Å²) in [6.45, 7) is 6.45. The fourth-order valence-electron chi connectivity index (χ4n) is 1.66. The van der Waals surface area contributed by atoms with Crippen LogP contribution in [0.15, 0.2) is 29.2 Å². The van der Waals surface area contributed by atoms with E-state index in [1.165, 1.54) is 0 Å². The monoisotopic (exact) mass is 333 g/mol. The molecule has 18 heavy (non-hydrogen) atoms. The topological polar surface area (TPSA) is 46.2 Å². The molecule has 5 heteroatoms. The van der Waals surface area contributed by atoms with Crippen LogP contribution in [0.4, 0.5) is 0 Å². The summed E-state index contributed by atoms with van der Waals surface area (Å²) in [4.78, 5) is 0.609. The van der Waals surface area contributed by atoms with Gasteiger partial charge in [-0.25, -0.2) is 13.1 Å². The number of rotatable bonds is 6. The number of hydrogen-bond acceptors (Lipinski definition) is 2. The highest BCUT2D eigenvalue weighted by atomic mass is 79.9. The average molecular weight is 334 g/mol. The van der Waals surface area contributed by atoms with E-state index in [2.05, 4.69) is 20.7 Å². The molecule has 0 spiro atoms. The molecular weight excluding hydrogens is 314 g/mol. The molecule has 0 aliphatic rings. The summed E-state index contributed by atoms with van der Waals surface area (Å²) in [6.07, 6.45) is 0.784. The van der Waals surface area contributed by atoms with E-state index >= 15 is 0 Å². The Bertz CT molecular complexity index is 486. The number of nitrogens with one attached hydrogen (secondary N) is 1. The van der Waals surface area contributed by atoms with E-state index in [0.29, 0.717) is 11.4 Å². The summed E-state index contributed by atoms with van der Waals surface area (Å²) in [7, 11) is -3.40. The molecule has 0 aliphatic heterocycles. The van der Waals surface area contributed by atoms with Gasteiger partial charge in [-0.15, -0.1) is 0 Å². The predicted molar refractivity (Wildman–Crippen MR) is 78.7 cm³/mol. The van der Waals surface area contributed by atoms with Crippen molar-refractivity contribution in [3.63, 3.8) is 0 Å². The van der Waals surface area contributed by atoms with Gasteiger partial charge in [-0.1, -0.05) is 54.9 Å². The number of sulfonamides is 1. The first-order chi connectivity index (χ1) is 8.40. The second-order valence-electron chi connectivity index (χ2n) is 4.40. The van der Waals surface area contributed by atoms with E-state index in [1.807, 2.05) is 32.9 Å². The van der Waals surface area contributed by atoms with Crippen LogP contribution in [0.5, 0.6) is 0 Å². The molecule has 3 nitrogen and oxygen atoms in total. The predicted octanol–water partition coefficient (Wildman–Crippen LogP) is 3.26. The zero-order valence-electron chi connectivity index (χ0n) is 11.0. The Balaban J connectivity index is 3.17. The Morgan fingerprint density at radius 2 is 1.89 bits per heavy atom. The zero-order chi connectivity index (χ0) is 13.8. The number of benzene rings is 1. The second kappa shape index (κ2) is 6.68. The summed E-state index contributed by atoms with van der Waals surface area (Å²) < 4.78 is 27.0. The van der Waals surface area contributed by atoms with Gasteiger partial charge < -0.3 is 0 Å². The lowest BCUT2D eigenvalue weighted by Gasteiger charge is -2.18.